The van der Waals surface area contributed by atoms with Gasteiger partial charge in [-0.05, 0) is 34.7 Å². The molecular formula is C23H25N5O3S. The first-order valence-electron chi connectivity index (χ1n) is 10.1. The number of nitrogen functional groups attached to an aromatic ring is 1. The zero-order valence-corrected chi connectivity index (χ0v) is 19.1. The van der Waals surface area contributed by atoms with Gasteiger partial charge in [0.15, 0.2) is 0 Å². The van der Waals surface area contributed by atoms with Crippen molar-refractivity contribution in [3.63, 3.8) is 0 Å². The zero-order valence-electron chi connectivity index (χ0n) is 18.3. The quantitative estimate of drug-likeness (QED) is 0.428. The molecule has 0 saturated carbocycles. The number of nitrogens with one attached hydrogen (secondary N) is 2. The number of benzene rings is 2. The van der Waals surface area contributed by atoms with E-state index in [-0.39, 0.29) is 16.4 Å². The van der Waals surface area contributed by atoms with Gasteiger partial charge in [0.05, 0.1) is 16.0 Å². The van der Waals surface area contributed by atoms with Crippen molar-refractivity contribution < 1.29 is 8.42 Å². The van der Waals surface area contributed by atoms with E-state index in [0.29, 0.717) is 28.2 Å². The van der Waals surface area contributed by atoms with Crippen LogP contribution in [0.5, 0.6) is 0 Å². The summed E-state index contributed by atoms with van der Waals surface area (Å²) < 4.78 is 26.0. The molecule has 0 aliphatic rings. The molecule has 0 aliphatic heterocycles. The molecule has 4 rings (SSSR count). The fraction of sp³-hybridized carbons (Fsp3) is 0.217. The lowest BCUT2D eigenvalue weighted by molar-refractivity contribution is 0.521. The Hall–Kier alpha value is -3.43. The topological polar surface area (TPSA) is 125 Å². The highest BCUT2D eigenvalue weighted by Crippen LogP contribution is 2.37. The minimum absolute atomic E-state index is 0.0187. The number of aromatic amines is 2. The second-order valence-electron chi connectivity index (χ2n) is 8.14. The maximum absolute atomic E-state index is 12.8. The van der Waals surface area contributed by atoms with Gasteiger partial charge in [-0.25, -0.2) is 12.7 Å². The van der Waals surface area contributed by atoms with Crippen molar-refractivity contribution in [2.45, 2.75) is 24.7 Å². The van der Waals surface area contributed by atoms with Crippen molar-refractivity contribution in [3.8, 4) is 22.4 Å². The minimum Gasteiger partial charge on any atom is -0.369 e. The zero-order chi connectivity index (χ0) is 23.2. The van der Waals surface area contributed by atoms with E-state index in [4.69, 9.17) is 5.73 Å². The Kier molecular flexibility index (Phi) is 5.39. The molecule has 4 aromatic rings. The van der Waals surface area contributed by atoms with Crippen molar-refractivity contribution in [1.29, 1.82) is 0 Å². The van der Waals surface area contributed by atoms with E-state index in [2.05, 4.69) is 34.9 Å². The van der Waals surface area contributed by atoms with Crippen LogP contribution in [-0.4, -0.2) is 41.8 Å². The summed E-state index contributed by atoms with van der Waals surface area (Å²) in [5, 5.41) is 0.403. The van der Waals surface area contributed by atoms with Crippen LogP contribution in [0.4, 0.5) is 5.95 Å². The van der Waals surface area contributed by atoms with Crippen LogP contribution in [0.15, 0.2) is 58.2 Å². The van der Waals surface area contributed by atoms with Crippen LogP contribution >= 0.6 is 0 Å². The van der Waals surface area contributed by atoms with Gasteiger partial charge in [-0.15, -0.1) is 0 Å². The van der Waals surface area contributed by atoms with E-state index in [1.807, 2.05) is 18.2 Å². The summed E-state index contributed by atoms with van der Waals surface area (Å²) in [5.74, 6) is 0.330. The molecule has 0 radical (unpaired) electrons. The normalized spacial score (nSPS) is 12.2. The summed E-state index contributed by atoms with van der Waals surface area (Å²) in [4.78, 5) is 23.1. The molecule has 0 saturated heterocycles. The Morgan fingerprint density at radius 3 is 2.31 bits per heavy atom. The van der Waals surface area contributed by atoms with Crippen molar-refractivity contribution in [2.24, 2.45) is 0 Å². The molecule has 2 aromatic carbocycles. The predicted molar refractivity (Wildman–Crippen MR) is 127 cm³/mol. The molecule has 4 N–H and O–H groups in total. The van der Waals surface area contributed by atoms with Gasteiger partial charge in [0.1, 0.15) is 5.65 Å². The van der Waals surface area contributed by atoms with Crippen LogP contribution in [0, 0.1) is 0 Å². The maximum atomic E-state index is 12.8. The van der Waals surface area contributed by atoms with Gasteiger partial charge >= 0.3 is 0 Å². The van der Waals surface area contributed by atoms with E-state index in [0.717, 1.165) is 16.7 Å². The highest BCUT2D eigenvalue weighted by atomic mass is 32.2. The SMILES string of the molecule is CC(C)c1cccc(-c2c(-c3ccc(S(=O)(=O)N(C)C)cc3)[nH]c3nc(N)[nH]c(=O)c23)c1. The third kappa shape index (κ3) is 3.69. The van der Waals surface area contributed by atoms with Crippen molar-refractivity contribution in [2.75, 3.05) is 19.8 Å². The first-order valence-corrected chi connectivity index (χ1v) is 11.6. The van der Waals surface area contributed by atoms with Crippen LogP contribution in [0.2, 0.25) is 0 Å². The summed E-state index contributed by atoms with van der Waals surface area (Å²) in [6.07, 6.45) is 0. The molecule has 0 aliphatic carbocycles. The summed E-state index contributed by atoms with van der Waals surface area (Å²) in [6.45, 7) is 4.21. The largest absolute Gasteiger partial charge is 0.369 e. The molecule has 0 fully saturated rings. The first-order chi connectivity index (χ1) is 15.1. The number of sulfonamides is 1. The highest BCUT2D eigenvalue weighted by Gasteiger charge is 2.21. The third-order valence-corrected chi connectivity index (χ3v) is 7.27. The Morgan fingerprint density at radius 1 is 1.00 bits per heavy atom. The Bertz CT molecular complexity index is 1470. The van der Waals surface area contributed by atoms with Gasteiger partial charge in [-0.1, -0.05) is 50.2 Å². The number of H-pyrrole nitrogens is 2. The Balaban J connectivity index is 1.98. The number of rotatable bonds is 5. The second kappa shape index (κ2) is 7.92. The van der Waals surface area contributed by atoms with E-state index in [9.17, 15) is 13.2 Å². The number of anilines is 1. The standard InChI is InChI=1S/C23H25N5O3S/c1-13(2)15-6-5-7-16(12-15)18-19-21(26-23(24)27-22(19)29)25-20(18)14-8-10-17(11-9-14)32(30,31)28(3)4/h5-13H,1-4H3,(H4,24,25,26,27,29). The molecule has 9 heteroatoms. The maximum Gasteiger partial charge on any atom is 0.262 e. The van der Waals surface area contributed by atoms with Crippen LogP contribution in [-0.2, 0) is 10.0 Å². The molecule has 0 amide bonds. The fourth-order valence-electron chi connectivity index (χ4n) is 3.68. The van der Waals surface area contributed by atoms with Crippen LogP contribution < -0.4 is 11.3 Å². The number of hydrogen-bond acceptors (Lipinski definition) is 5. The molecule has 32 heavy (non-hydrogen) atoms. The first kappa shape index (κ1) is 21.8. The lowest BCUT2D eigenvalue weighted by atomic mass is 9.94. The van der Waals surface area contributed by atoms with Crippen molar-refractivity contribution in [3.05, 3.63) is 64.4 Å². The lowest BCUT2D eigenvalue weighted by Crippen LogP contribution is -2.22. The number of aromatic nitrogens is 3. The molecular weight excluding hydrogens is 426 g/mol. The van der Waals surface area contributed by atoms with Crippen LogP contribution in [0.3, 0.4) is 0 Å². The van der Waals surface area contributed by atoms with E-state index >= 15 is 0 Å². The second-order valence-corrected chi connectivity index (χ2v) is 10.3. The number of fused-ring (bicyclic) bond motifs is 1. The van der Waals surface area contributed by atoms with E-state index in [1.165, 1.54) is 18.4 Å². The van der Waals surface area contributed by atoms with Gasteiger partial charge in [-0.2, -0.15) is 4.98 Å². The van der Waals surface area contributed by atoms with E-state index in [1.54, 1.807) is 24.3 Å². The summed E-state index contributed by atoms with van der Waals surface area (Å²) in [6, 6.07) is 14.5. The highest BCUT2D eigenvalue weighted by molar-refractivity contribution is 7.89. The Morgan fingerprint density at radius 2 is 1.69 bits per heavy atom. The average Bonchev–Trinajstić information content (AvgIpc) is 3.13. The minimum atomic E-state index is -3.55. The third-order valence-electron chi connectivity index (χ3n) is 5.44. The number of nitrogens with two attached hydrogens (primary N) is 1. The van der Waals surface area contributed by atoms with Crippen LogP contribution in [0.1, 0.15) is 25.3 Å². The molecule has 0 spiro atoms. The van der Waals surface area contributed by atoms with Crippen LogP contribution in [0.25, 0.3) is 33.4 Å². The number of nitrogens with zero attached hydrogens (tertiary/aromatic N) is 2. The Labute approximate surface area is 186 Å². The predicted octanol–water partition coefficient (Wildman–Crippen LogP) is 3.54. The van der Waals surface area contributed by atoms with E-state index < -0.39 is 10.0 Å². The summed E-state index contributed by atoms with van der Waals surface area (Å²) in [7, 11) is -0.573. The van der Waals surface area contributed by atoms with Crippen molar-refractivity contribution in [1.82, 2.24) is 19.3 Å². The smallest absolute Gasteiger partial charge is 0.262 e. The van der Waals surface area contributed by atoms with Gasteiger partial charge in [0.2, 0.25) is 16.0 Å². The van der Waals surface area contributed by atoms with Gasteiger partial charge in [0, 0.05) is 19.7 Å². The monoisotopic (exact) mass is 451 g/mol. The number of hydrogen-bond donors (Lipinski definition) is 3. The molecule has 2 heterocycles. The summed E-state index contributed by atoms with van der Waals surface area (Å²) >= 11 is 0. The molecule has 0 bridgehead atoms. The summed E-state index contributed by atoms with van der Waals surface area (Å²) in [5.41, 5.74) is 9.87. The lowest BCUT2D eigenvalue weighted by Gasteiger charge is -2.12. The molecule has 2 aromatic heterocycles. The molecule has 166 valence electrons. The fourth-order valence-corrected chi connectivity index (χ4v) is 4.58. The molecule has 0 atom stereocenters. The van der Waals surface area contributed by atoms with Gasteiger partial charge in [0.25, 0.3) is 5.56 Å². The van der Waals surface area contributed by atoms with Gasteiger partial charge < -0.3 is 10.7 Å². The van der Waals surface area contributed by atoms with Gasteiger partial charge in [-0.3, -0.25) is 9.78 Å². The van der Waals surface area contributed by atoms with Crippen molar-refractivity contribution >= 4 is 27.0 Å². The average molecular weight is 452 g/mol. The molecule has 0 unspecified atom stereocenters. The molecule has 8 nitrogen and oxygen atoms in total.